The Morgan fingerprint density at radius 3 is 2.49 bits per heavy atom. The van der Waals surface area contributed by atoms with E-state index in [1.165, 1.54) is 90.6 Å². The number of nitrogens with zero attached hydrogens (tertiary/aromatic N) is 3. The third-order valence-electron chi connectivity index (χ3n) is 18.0. The molecule has 0 radical (unpaired) electrons. The van der Waals surface area contributed by atoms with E-state index in [2.05, 4.69) is 137 Å². The van der Waals surface area contributed by atoms with Gasteiger partial charge in [-0.1, -0.05) is 135 Å². The van der Waals surface area contributed by atoms with Crippen LogP contribution < -0.4 is 5.73 Å². The van der Waals surface area contributed by atoms with E-state index in [0.29, 0.717) is 41.7 Å². The van der Waals surface area contributed by atoms with Gasteiger partial charge in [0.15, 0.2) is 0 Å². The van der Waals surface area contributed by atoms with Gasteiger partial charge in [0.25, 0.3) is 0 Å². The Kier molecular flexibility index (Phi) is 14.5. The number of allylic oxidation sites excluding steroid dienone is 25. The Labute approximate surface area is 416 Å². The first-order valence-electron chi connectivity index (χ1n) is 27.9. The number of aliphatic imine (C=N–C) groups is 1. The predicted octanol–water partition coefficient (Wildman–Crippen LogP) is 15.6. The van der Waals surface area contributed by atoms with Crippen LogP contribution in [0.5, 0.6) is 0 Å². The Morgan fingerprint density at radius 1 is 0.696 bits per heavy atom. The molecular formula is C65H80N4. The molecule has 2 fully saturated rings. The third kappa shape index (κ3) is 10.3. The Bertz CT molecular complexity index is 2490. The molecule has 2 N–H and O–H groups in total. The van der Waals surface area contributed by atoms with Gasteiger partial charge in [0.2, 0.25) is 0 Å². The molecule has 4 heteroatoms. The molecule has 1 saturated heterocycles. The van der Waals surface area contributed by atoms with Crippen LogP contribution in [0.4, 0.5) is 0 Å². The van der Waals surface area contributed by atoms with Gasteiger partial charge >= 0.3 is 0 Å². The van der Waals surface area contributed by atoms with E-state index < -0.39 is 0 Å². The van der Waals surface area contributed by atoms with Crippen molar-refractivity contribution in [1.29, 1.82) is 0 Å². The van der Waals surface area contributed by atoms with E-state index in [0.717, 1.165) is 114 Å². The summed E-state index contributed by atoms with van der Waals surface area (Å²) >= 11 is 0. The normalized spacial score (nSPS) is 33.3. The molecule has 0 aromatic carbocycles. The molecule has 2 heterocycles. The molecule has 4 nitrogen and oxygen atoms in total. The summed E-state index contributed by atoms with van der Waals surface area (Å²) in [6.07, 6.45) is 76.8. The lowest BCUT2D eigenvalue weighted by Crippen LogP contribution is -2.38. The molecule has 360 valence electrons. The molecule has 0 amide bonds. The largest absolute Gasteiger partial charge is 0.364 e. The Balaban J connectivity index is 0.832. The van der Waals surface area contributed by atoms with E-state index in [1.807, 2.05) is 0 Å². The van der Waals surface area contributed by atoms with E-state index >= 15 is 0 Å². The minimum Gasteiger partial charge on any atom is -0.364 e. The number of likely N-dealkylation sites (tertiary alicyclic amines) is 1. The Morgan fingerprint density at radius 2 is 1.61 bits per heavy atom. The molecule has 0 spiro atoms. The fourth-order valence-electron chi connectivity index (χ4n) is 14.3. The summed E-state index contributed by atoms with van der Waals surface area (Å²) < 4.78 is 0. The lowest BCUT2D eigenvalue weighted by molar-refractivity contribution is 0.200. The topological polar surface area (TPSA) is 44.9 Å². The lowest BCUT2D eigenvalue weighted by Gasteiger charge is -2.38. The molecule has 9 aliphatic carbocycles. The number of fused-ring (bicyclic) bond motifs is 3. The second kappa shape index (κ2) is 21.6. The van der Waals surface area contributed by atoms with Crippen LogP contribution in [0, 0.1) is 35.5 Å². The first-order valence-corrected chi connectivity index (χ1v) is 27.9. The molecule has 11 aliphatic rings. The van der Waals surface area contributed by atoms with E-state index in [1.54, 1.807) is 11.3 Å². The molecule has 0 bridgehead atoms. The molecular weight excluding hydrogens is 837 g/mol. The number of hydrogen-bond donors (Lipinski definition) is 1. The smallest absolute Gasteiger partial charge is 0.0594 e. The fraction of sp³-hybridized carbons (Fsp3) is 0.492. The standard InChI is InChI=1S/C65H80N4/c1-46(53-22-16-26-57(43-53)68-41-14-3-2-5-20-52-21-8-11-30-63(52)68)67-62(45-61(66)50-37-33-48(34-38-50)55-24-15-23-54(42-55)47-18-6-4-7-19-47)51-39-35-49(36-40-51)56-25-17-27-58(44-56)69-64-31-12-9-28-59(64)60-29-10-13-32-65(60)69/h2,5-6,8-9,12,15,18,21,24-26,28,31,33,37-39,42-44,47-49,54,59-61,64-65H,1,3-4,7,10-11,13-14,16-17,19-20,22-23,27,29-30,32,34-36,40-41,45,66H2/b5-2-,67-62?. The van der Waals surface area contributed by atoms with Gasteiger partial charge in [0, 0.05) is 59.7 Å². The second-order valence-electron chi connectivity index (χ2n) is 22.3. The zero-order chi connectivity index (χ0) is 46.5. The summed E-state index contributed by atoms with van der Waals surface area (Å²) in [6.45, 7) is 5.81. The molecule has 11 rings (SSSR count). The van der Waals surface area contributed by atoms with Crippen LogP contribution in [-0.4, -0.2) is 40.2 Å². The summed E-state index contributed by atoms with van der Waals surface area (Å²) in [5.41, 5.74) is 22.3. The SMILES string of the molecule is C=C(N=C(CC(N)C1=CCC(C2=CC(C3C=CCCC3)CC=C2)C=C1)C1=CCC(C2=CCCC(N3C4C=CC=CC4C4CCCCC43)=C2)CC1)C1=CC(N2CCC/C=C\CC3=C2CCC=C3)=CCC1. The maximum Gasteiger partial charge on any atom is 0.0594 e. The summed E-state index contributed by atoms with van der Waals surface area (Å²) in [7, 11) is 0. The van der Waals surface area contributed by atoms with Crippen LogP contribution in [0.1, 0.15) is 141 Å². The molecule has 9 unspecified atom stereocenters. The van der Waals surface area contributed by atoms with Gasteiger partial charge in [-0.15, -0.1) is 0 Å². The predicted molar refractivity (Wildman–Crippen MR) is 291 cm³/mol. The molecule has 0 aromatic rings. The second-order valence-corrected chi connectivity index (χ2v) is 22.3. The quantitative estimate of drug-likeness (QED) is 0.166. The van der Waals surface area contributed by atoms with Crippen molar-refractivity contribution >= 4 is 5.71 Å². The molecule has 9 atom stereocenters. The van der Waals surface area contributed by atoms with Gasteiger partial charge in [0.05, 0.1) is 11.7 Å². The molecule has 1 saturated carbocycles. The molecule has 2 aliphatic heterocycles. The van der Waals surface area contributed by atoms with Crippen LogP contribution in [-0.2, 0) is 0 Å². The Hall–Kier alpha value is -4.93. The minimum absolute atomic E-state index is 0.120. The highest BCUT2D eigenvalue weighted by molar-refractivity contribution is 6.01. The average molecular weight is 917 g/mol. The van der Waals surface area contributed by atoms with Crippen LogP contribution in [0.2, 0.25) is 0 Å². The zero-order valence-electron chi connectivity index (χ0n) is 41.7. The summed E-state index contributed by atoms with van der Waals surface area (Å²) in [5, 5.41) is 0. The van der Waals surface area contributed by atoms with Crippen LogP contribution in [0.15, 0.2) is 195 Å². The van der Waals surface area contributed by atoms with E-state index in [9.17, 15) is 0 Å². The van der Waals surface area contributed by atoms with Crippen LogP contribution in [0.3, 0.4) is 0 Å². The highest BCUT2D eigenvalue weighted by Crippen LogP contribution is 2.49. The van der Waals surface area contributed by atoms with Crippen molar-refractivity contribution in [3.8, 4) is 0 Å². The van der Waals surface area contributed by atoms with Crippen molar-refractivity contribution < 1.29 is 0 Å². The monoisotopic (exact) mass is 917 g/mol. The van der Waals surface area contributed by atoms with E-state index in [-0.39, 0.29) is 6.04 Å². The van der Waals surface area contributed by atoms with Gasteiger partial charge in [-0.2, -0.15) is 0 Å². The fourth-order valence-corrected chi connectivity index (χ4v) is 14.3. The number of rotatable bonds is 11. The maximum atomic E-state index is 7.32. The van der Waals surface area contributed by atoms with Crippen molar-refractivity contribution in [3.63, 3.8) is 0 Å². The van der Waals surface area contributed by atoms with Crippen molar-refractivity contribution in [1.82, 2.24) is 9.80 Å². The first-order chi connectivity index (χ1) is 34.0. The van der Waals surface area contributed by atoms with Crippen LogP contribution >= 0.6 is 0 Å². The minimum atomic E-state index is -0.120. The first kappa shape index (κ1) is 46.5. The number of nitrogens with two attached hydrogens (primary N) is 1. The van der Waals surface area contributed by atoms with E-state index in [4.69, 9.17) is 17.3 Å². The van der Waals surface area contributed by atoms with Gasteiger partial charge < -0.3 is 15.5 Å². The van der Waals surface area contributed by atoms with Crippen LogP contribution in [0.25, 0.3) is 0 Å². The number of hydrogen-bond acceptors (Lipinski definition) is 4. The molecule has 0 aromatic heterocycles. The summed E-state index contributed by atoms with van der Waals surface area (Å²) in [6, 6.07) is 1.10. The van der Waals surface area contributed by atoms with Crippen molar-refractivity contribution in [2.75, 3.05) is 6.54 Å². The highest BCUT2D eigenvalue weighted by Gasteiger charge is 2.48. The maximum absolute atomic E-state index is 7.32. The van der Waals surface area contributed by atoms with Crippen molar-refractivity contribution in [2.45, 2.75) is 159 Å². The van der Waals surface area contributed by atoms with Gasteiger partial charge in [-0.25, -0.2) is 0 Å². The lowest BCUT2D eigenvalue weighted by atomic mass is 9.76. The summed E-state index contributed by atoms with van der Waals surface area (Å²) in [5.74, 6) is 3.74. The third-order valence-corrected chi connectivity index (χ3v) is 18.0. The van der Waals surface area contributed by atoms with Crippen molar-refractivity contribution in [3.05, 3.63) is 190 Å². The van der Waals surface area contributed by atoms with Gasteiger partial charge in [-0.05, 0) is 191 Å². The molecule has 69 heavy (non-hydrogen) atoms. The van der Waals surface area contributed by atoms with Gasteiger partial charge in [-0.3, -0.25) is 4.99 Å². The zero-order valence-corrected chi connectivity index (χ0v) is 41.7. The highest BCUT2D eigenvalue weighted by atomic mass is 15.2. The summed E-state index contributed by atoms with van der Waals surface area (Å²) in [4.78, 5) is 11.1. The average Bonchev–Trinajstić information content (AvgIpc) is 3.80. The van der Waals surface area contributed by atoms with Crippen molar-refractivity contribution in [2.24, 2.45) is 46.2 Å². The van der Waals surface area contributed by atoms with Gasteiger partial charge in [0.1, 0.15) is 0 Å².